The van der Waals surface area contributed by atoms with Gasteiger partial charge >= 0.3 is 0 Å². The molecule has 1 saturated carbocycles. The van der Waals surface area contributed by atoms with Crippen molar-refractivity contribution in [2.24, 2.45) is 0 Å². The lowest BCUT2D eigenvalue weighted by atomic mass is 10.1. The highest BCUT2D eigenvalue weighted by atomic mass is 32.1. The minimum atomic E-state index is -0.00588. The number of nitrogens with one attached hydrogen (secondary N) is 1. The van der Waals surface area contributed by atoms with E-state index in [2.05, 4.69) is 21.7 Å². The van der Waals surface area contributed by atoms with Crippen LogP contribution in [0.5, 0.6) is 0 Å². The van der Waals surface area contributed by atoms with Crippen LogP contribution in [0.1, 0.15) is 43.0 Å². The van der Waals surface area contributed by atoms with Gasteiger partial charge in [-0.1, -0.05) is 12.8 Å². The summed E-state index contributed by atoms with van der Waals surface area (Å²) in [6.07, 6.45) is 5.94. The van der Waals surface area contributed by atoms with Crippen LogP contribution in [-0.2, 0) is 17.8 Å². The van der Waals surface area contributed by atoms with Gasteiger partial charge in [-0.2, -0.15) is 0 Å². The maximum absolute atomic E-state index is 12.3. The Morgan fingerprint density at radius 3 is 3.05 bits per heavy atom. The molecular weight excluding hydrogens is 256 g/mol. The highest BCUT2D eigenvalue weighted by Gasteiger charge is 2.27. The van der Waals surface area contributed by atoms with Crippen LogP contribution in [0.2, 0.25) is 0 Å². The monoisotopic (exact) mass is 278 g/mol. The second-order valence-corrected chi connectivity index (χ2v) is 6.76. The van der Waals surface area contributed by atoms with Crippen molar-refractivity contribution in [3.63, 3.8) is 0 Å². The molecule has 0 spiro atoms. The molecule has 1 unspecified atom stereocenters. The van der Waals surface area contributed by atoms with E-state index in [-0.39, 0.29) is 11.9 Å². The Labute approximate surface area is 119 Å². The number of carbonyl (C=O) groups is 1. The lowest BCUT2D eigenvalue weighted by molar-refractivity contribution is -0.126. The van der Waals surface area contributed by atoms with Gasteiger partial charge in [0, 0.05) is 24.0 Å². The molecule has 0 aromatic carbocycles. The summed E-state index contributed by atoms with van der Waals surface area (Å²) in [6.45, 7) is 3.98. The number of amides is 1. The van der Waals surface area contributed by atoms with E-state index in [1.807, 2.05) is 18.3 Å². The van der Waals surface area contributed by atoms with E-state index in [1.54, 1.807) is 0 Å². The molecule has 3 rings (SSSR count). The summed E-state index contributed by atoms with van der Waals surface area (Å²) < 4.78 is 0. The molecule has 1 aromatic rings. The van der Waals surface area contributed by atoms with Crippen molar-refractivity contribution in [1.29, 1.82) is 0 Å². The summed E-state index contributed by atoms with van der Waals surface area (Å²) in [5.74, 6) is 0.213. The van der Waals surface area contributed by atoms with Crippen LogP contribution in [0.25, 0.3) is 0 Å². The summed E-state index contributed by atoms with van der Waals surface area (Å²) in [7, 11) is 0. The number of carbonyl (C=O) groups excluding carboxylic acids is 1. The van der Waals surface area contributed by atoms with Crippen molar-refractivity contribution >= 4 is 17.2 Å². The normalized spacial score (nSPS) is 22.2. The molecule has 3 nitrogen and oxygen atoms in total. The molecule has 1 amide bonds. The lowest BCUT2D eigenvalue weighted by Gasteiger charge is -2.32. The Kier molecular flexibility index (Phi) is 3.89. The zero-order valence-electron chi connectivity index (χ0n) is 11.5. The summed E-state index contributed by atoms with van der Waals surface area (Å²) in [5.41, 5.74) is 1.41. The SMILES string of the molecule is CC(C(=O)NC1CCCC1)N1CCc2sccc2C1. The van der Waals surface area contributed by atoms with Crippen LogP contribution < -0.4 is 5.32 Å². The van der Waals surface area contributed by atoms with E-state index in [0.29, 0.717) is 6.04 Å². The smallest absolute Gasteiger partial charge is 0.237 e. The van der Waals surface area contributed by atoms with Gasteiger partial charge in [-0.15, -0.1) is 11.3 Å². The molecule has 2 heterocycles. The molecule has 1 N–H and O–H groups in total. The zero-order valence-corrected chi connectivity index (χ0v) is 12.3. The standard InChI is InChI=1S/C15H22N2OS/c1-11(15(18)16-13-4-2-3-5-13)17-8-6-14-12(10-17)7-9-19-14/h7,9,11,13H,2-6,8,10H2,1H3,(H,16,18). The van der Waals surface area contributed by atoms with Gasteiger partial charge in [0.05, 0.1) is 6.04 Å². The molecule has 1 fully saturated rings. The van der Waals surface area contributed by atoms with E-state index < -0.39 is 0 Å². The quantitative estimate of drug-likeness (QED) is 0.921. The second kappa shape index (κ2) is 5.63. The van der Waals surface area contributed by atoms with Crippen LogP contribution >= 0.6 is 11.3 Å². The van der Waals surface area contributed by atoms with E-state index in [1.165, 1.54) is 23.3 Å². The average molecular weight is 278 g/mol. The second-order valence-electron chi connectivity index (χ2n) is 5.76. The Morgan fingerprint density at radius 1 is 1.47 bits per heavy atom. The predicted molar refractivity (Wildman–Crippen MR) is 78.3 cm³/mol. The van der Waals surface area contributed by atoms with Gasteiger partial charge in [0.2, 0.25) is 5.91 Å². The van der Waals surface area contributed by atoms with Crippen LogP contribution in [0.4, 0.5) is 0 Å². The van der Waals surface area contributed by atoms with Crippen molar-refractivity contribution in [2.45, 2.75) is 57.7 Å². The molecule has 104 valence electrons. The largest absolute Gasteiger partial charge is 0.352 e. The topological polar surface area (TPSA) is 32.3 Å². The van der Waals surface area contributed by atoms with Crippen molar-refractivity contribution in [3.8, 4) is 0 Å². The Balaban J connectivity index is 1.58. The van der Waals surface area contributed by atoms with Gasteiger partial charge in [-0.05, 0) is 43.2 Å². The maximum atomic E-state index is 12.3. The molecule has 1 aliphatic heterocycles. The summed E-state index contributed by atoms with van der Waals surface area (Å²) in [6, 6.07) is 2.62. The first-order chi connectivity index (χ1) is 9.24. The van der Waals surface area contributed by atoms with Crippen LogP contribution in [0, 0.1) is 0 Å². The minimum Gasteiger partial charge on any atom is -0.352 e. The molecule has 0 bridgehead atoms. The molecule has 1 atom stereocenters. The highest BCUT2D eigenvalue weighted by Crippen LogP contribution is 2.25. The third-order valence-electron chi connectivity index (χ3n) is 4.47. The fourth-order valence-corrected chi connectivity index (χ4v) is 4.05. The average Bonchev–Trinajstić information content (AvgIpc) is 3.07. The lowest BCUT2D eigenvalue weighted by Crippen LogP contribution is -2.48. The highest BCUT2D eigenvalue weighted by molar-refractivity contribution is 7.10. The fraction of sp³-hybridized carbons (Fsp3) is 0.667. The van der Waals surface area contributed by atoms with E-state index in [4.69, 9.17) is 0 Å². The summed E-state index contributed by atoms with van der Waals surface area (Å²) in [4.78, 5) is 16.1. The van der Waals surface area contributed by atoms with Crippen LogP contribution in [0.15, 0.2) is 11.4 Å². The van der Waals surface area contributed by atoms with Crippen molar-refractivity contribution in [2.75, 3.05) is 6.54 Å². The Bertz CT molecular complexity index is 451. The predicted octanol–water partition coefficient (Wildman–Crippen LogP) is 2.55. The van der Waals surface area contributed by atoms with E-state index in [9.17, 15) is 4.79 Å². The third kappa shape index (κ3) is 2.84. The molecular formula is C15H22N2OS. The maximum Gasteiger partial charge on any atom is 0.237 e. The number of hydrogen-bond acceptors (Lipinski definition) is 3. The molecule has 0 saturated heterocycles. The number of hydrogen-bond donors (Lipinski definition) is 1. The van der Waals surface area contributed by atoms with Gasteiger partial charge < -0.3 is 5.32 Å². The molecule has 19 heavy (non-hydrogen) atoms. The van der Waals surface area contributed by atoms with Gasteiger partial charge in [0.1, 0.15) is 0 Å². The van der Waals surface area contributed by atoms with Crippen LogP contribution in [-0.4, -0.2) is 29.4 Å². The first-order valence-corrected chi connectivity index (χ1v) is 8.21. The number of thiophene rings is 1. The number of rotatable bonds is 3. The van der Waals surface area contributed by atoms with Gasteiger partial charge in [0.25, 0.3) is 0 Å². The van der Waals surface area contributed by atoms with E-state index in [0.717, 1.165) is 32.4 Å². The Hall–Kier alpha value is -0.870. The summed E-state index contributed by atoms with van der Waals surface area (Å²) in [5, 5.41) is 5.38. The molecule has 1 aliphatic carbocycles. The van der Waals surface area contributed by atoms with Crippen molar-refractivity contribution < 1.29 is 4.79 Å². The Morgan fingerprint density at radius 2 is 2.26 bits per heavy atom. The van der Waals surface area contributed by atoms with Gasteiger partial charge in [0.15, 0.2) is 0 Å². The first-order valence-electron chi connectivity index (χ1n) is 7.33. The summed E-state index contributed by atoms with van der Waals surface area (Å²) >= 11 is 1.85. The fourth-order valence-electron chi connectivity index (χ4n) is 3.16. The van der Waals surface area contributed by atoms with Crippen LogP contribution in [0.3, 0.4) is 0 Å². The number of fused-ring (bicyclic) bond motifs is 1. The van der Waals surface area contributed by atoms with Crippen molar-refractivity contribution in [3.05, 3.63) is 21.9 Å². The van der Waals surface area contributed by atoms with Crippen molar-refractivity contribution in [1.82, 2.24) is 10.2 Å². The third-order valence-corrected chi connectivity index (χ3v) is 5.49. The van der Waals surface area contributed by atoms with Gasteiger partial charge in [-0.25, -0.2) is 0 Å². The zero-order chi connectivity index (χ0) is 13.2. The minimum absolute atomic E-state index is 0.00588. The molecule has 2 aliphatic rings. The molecule has 1 aromatic heterocycles. The first kappa shape index (κ1) is 13.1. The molecule has 4 heteroatoms. The van der Waals surface area contributed by atoms with Gasteiger partial charge in [-0.3, -0.25) is 9.69 Å². The van der Waals surface area contributed by atoms with E-state index >= 15 is 0 Å². The molecule has 0 radical (unpaired) electrons. The number of nitrogens with zero attached hydrogens (tertiary/aromatic N) is 1.